The van der Waals surface area contributed by atoms with Crippen molar-refractivity contribution in [1.29, 1.82) is 0 Å². The number of fused-ring (bicyclic) bond motifs is 2. The Morgan fingerprint density at radius 2 is 1.56 bits per heavy atom. The van der Waals surface area contributed by atoms with Gasteiger partial charge in [0, 0.05) is 16.5 Å². The third-order valence-corrected chi connectivity index (χ3v) is 2.54. The first-order chi connectivity index (χ1) is 7.33. The van der Waals surface area contributed by atoms with Gasteiger partial charge in [-0.05, 0) is 30.3 Å². The van der Waals surface area contributed by atoms with E-state index >= 15 is 0 Å². The van der Waals surface area contributed by atoms with Gasteiger partial charge in [0.05, 0.1) is 11.0 Å². The molecule has 0 spiro atoms. The summed E-state index contributed by atoms with van der Waals surface area (Å²) in [6.07, 6.45) is 0. The number of aromatic nitrogens is 1. The Morgan fingerprint density at radius 3 is 2.44 bits per heavy atom. The Morgan fingerprint density at radius 1 is 0.812 bits per heavy atom. The van der Waals surface area contributed by atoms with Crippen LogP contribution in [0.15, 0.2) is 48.5 Å². The van der Waals surface area contributed by atoms with Crippen LogP contribution in [0.4, 0.5) is 5.69 Å². The van der Waals surface area contributed by atoms with Gasteiger partial charge in [-0.2, -0.15) is 0 Å². The molecule has 1 aromatic heterocycles. The Kier molecular flexibility index (Phi) is 2.67. The number of halogens is 1. The predicted octanol–water partition coefficient (Wildman–Crippen LogP) is 3.39. The van der Waals surface area contributed by atoms with Crippen molar-refractivity contribution >= 4 is 39.9 Å². The van der Waals surface area contributed by atoms with Crippen molar-refractivity contribution in [2.75, 3.05) is 5.73 Å². The molecule has 0 aliphatic rings. The van der Waals surface area contributed by atoms with Crippen molar-refractivity contribution in [1.82, 2.24) is 4.98 Å². The van der Waals surface area contributed by atoms with E-state index in [0.717, 1.165) is 27.5 Å². The molecular weight excluding hydrogens is 220 g/mol. The lowest BCUT2D eigenvalue weighted by molar-refractivity contribution is 1.50. The second-order valence-electron chi connectivity index (χ2n) is 3.63. The van der Waals surface area contributed by atoms with E-state index in [4.69, 9.17) is 5.73 Å². The number of hydrogen-bond acceptors (Lipinski definition) is 2. The van der Waals surface area contributed by atoms with Gasteiger partial charge >= 0.3 is 0 Å². The number of anilines is 1. The van der Waals surface area contributed by atoms with Crippen LogP contribution in [0.1, 0.15) is 0 Å². The van der Waals surface area contributed by atoms with Crippen LogP contribution in [-0.2, 0) is 0 Å². The molecule has 2 N–H and O–H groups in total. The van der Waals surface area contributed by atoms with Crippen LogP contribution in [0.3, 0.4) is 0 Å². The first-order valence-electron chi connectivity index (χ1n) is 4.88. The average Bonchev–Trinajstić information content (AvgIpc) is 2.26. The first kappa shape index (κ1) is 10.7. The average molecular weight is 231 g/mol. The highest BCUT2D eigenvalue weighted by atomic mass is 35.5. The highest BCUT2D eigenvalue weighted by Crippen LogP contribution is 2.21. The molecule has 3 rings (SSSR count). The second kappa shape index (κ2) is 3.99. The number of rotatable bonds is 0. The molecular formula is C13H11ClN2. The summed E-state index contributed by atoms with van der Waals surface area (Å²) >= 11 is 0. The predicted molar refractivity (Wildman–Crippen MR) is 70.9 cm³/mol. The molecule has 0 atom stereocenters. The fourth-order valence-corrected chi connectivity index (χ4v) is 1.80. The van der Waals surface area contributed by atoms with Crippen LogP contribution in [-0.4, -0.2) is 4.98 Å². The van der Waals surface area contributed by atoms with Gasteiger partial charge in [0.25, 0.3) is 0 Å². The summed E-state index contributed by atoms with van der Waals surface area (Å²) in [7, 11) is 0. The molecule has 0 saturated carbocycles. The smallest absolute Gasteiger partial charge is 0.0711 e. The summed E-state index contributed by atoms with van der Waals surface area (Å²) in [5, 5.41) is 2.24. The molecule has 0 aliphatic carbocycles. The molecule has 2 aromatic carbocycles. The molecule has 2 nitrogen and oxygen atoms in total. The molecule has 16 heavy (non-hydrogen) atoms. The van der Waals surface area contributed by atoms with Gasteiger partial charge in [-0.25, -0.2) is 4.98 Å². The van der Waals surface area contributed by atoms with Crippen LogP contribution in [0.2, 0.25) is 0 Å². The molecule has 3 heteroatoms. The zero-order valence-electron chi connectivity index (χ0n) is 8.55. The maximum absolute atomic E-state index is 5.74. The Bertz CT molecular complexity index is 650. The zero-order valence-corrected chi connectivity index (χ0v) is 9.37. The lowest BCUT2D eigenvalue weighted by atomic mass is 10.1. The number of hydrogen-bond donors (Lipinski definition) is 1. The Balaban J connectivity index is 0.000000963. The number of nitrogens with zero attached hydrogens (tertiary/aromatic N) is 1. The quantitative estimate of drug-likeness (QED) is 0.475. The normalized spacial score (nSPS) is 10.2. The lowest BCUT2D eigenvalue weighted by Crippen LogP contribution is -1.86. The van der Waals surface area contributed by atoms with Gasteiger partial charge in [0.15, 0.2) is 0 Å². The fraction of sp³-hybridized carbons (Fsp3) is 0. The Hall–Kier alpha value is -1.80. The highest BCUT2D eigenvalue weighted by Gasteiger charge is 1.98. The highest BCUT2D eigenvalue weighted by molar-refractivity contribution is 5.93. The molecule has 0 amide bonds. The fourth-order valence-electron chi connectivity index (χ4n) is 1.80. The van der Waals surface area contributed by atoms with E-state index in [1.807, 2.05) is 36.4 Å². The number of benzene rings is 2. The van der Waals surface area contributed by atoms with Crippen LogP contribution in [0.25, 0.3) is 21.8 Å². The van der Waals surface area contributed by atoms with E-state index in [0.29, 0.717) is 0 Å². The van der Waals surface area contributed by atoms with E-state index in [9.17, 15) is 0 Å². The standard InChI is InChI=1S/C13H10N2.ClH/c14-11-5-6-13-10(8-11)7-9-3-1-2-4-12(9)15-13;/h1-8H,14H2;1H. The van der Waals surface area contributed by atoms with Crippen molar-refractivity contribution in [2.45, 2.75) is 0 Å². The van der Waals surface area contributed by atoms with Crippen LogP contribution in [0.5, 0.6) is 0 Å². The molecule has 0 unspecified atom stereocenters. The molecule has 0 fully saturated rings. The van der Waals surface area contributed by atoms with Gasteiger partial charge in [0.1, 0.15) is 0 Å². The molecule has 0 saturated heterocycles. The number of nitrogen functional groups attached to an aromatic ring is 1. The topological polar surface area (TPSA) is 38.9 Å². The molecule has 0 bridgehead atoms. The summed E-state index contributed by atoms with van der Waals surface area (Å²) in [5.74, 6) is 0. The van der Waals surface area contributed by atoms with E-state index in [2.05, 4.69) is 17.1 Å². The first-order valence-corrected chi connectivity index (χ1v) is 4.88. The summed E-state index contributed by atoms with van der Waals surface area (Å²) in [5.41, 5.74) is 8.53. The van der Waals surface area contributed by atoms with Crippen molar-refractivity contribution in [3.05, 3.63) is 48.5 Å². The third kappa shape index (κ3) is 1.68. The monoisotopic (exact) mass is 230 g/mol. The number of para-hydroxylation sites is 1. The summed E-state index contributed by atoms with van der Waals surface area (Å²) in [6, 6.07) is 16.0. The van der Waals surface area contributed by atoms with Crippen molar-refractivity contribution in [3.63, 3.8) is 0 Å². The van der Waals surface area contributed by atoms with Gasteiger partial charge in [-0.3, -0.25) is 0 Å². The zero-order chi connectivity index (χ0) is 10.3. The lowest BCUT2D eigenvalue weighted by Gasteiger charge is -2.01. The van der Waals surface area contributed by atoms with Crippen LogP contribution < -0.4 is 5.73 Å². The van der Waals surface area contributed by atoms with E-state index in [1.54, 1.807) is 0 Å². The third-order valence-electron chi connectivity index (χ3n) is 2.54. The minimum absolute atomic E-state index is 0. The van der Waals surface area contributed by atoms with Gasteiger partial charge in [-0.1, -0.05) is 18.2 Å². The summed E-state index contributed by atoms with van der Waals surface area (Å²) in [6.45, 7) is 0. The largest absolute Gasteiger partial charge is 0.399 e. The van der Waals surface area contributed by atoms with Crippen LogP contribution in [0, 0.1) is 0 Å². The van der Waals surface area contributed by atoms with Gasteiger partial charge in [0.2, 0.25) is 0 Å². The molecule has 0 radical (unpaired) electrons. The SMILES string of the molecule is Cl.Nc1ccc2nc3ccccc3cc2c1. The summed E-state index contributed by atoms with van der Waals surface area (Å²) in [4.78, 5) is 4.56. The number of nitrogens with two attached hydrogens (primary N) is 1. The Labute approximate surface area is 99.5 Å². The minimum atomic E-state index is 0. The van der Waals surface area contributed by atoms with E-state index in [1.165, 1.54) is 0 Å². The molecule has 1 heterocycles. The summed E-state index contributed by atoms with van der Waals surface area (Å²) < 4.78 is 0. The van der Waals surface area contributed by atoms with E-state index < -0.39 is 0 Å². The van der Waals surface area contributed by atoms with Crippen molar-refractivity contribution < 1.29 is 0 Å². The van der Waals surface area contributed by atoms with Crippen LogP contribution >= 0.6 is 12.4 Å². The second-order valence-corrected chi connectivity index (χ2v) is 3.63. The maximum Gasteiger partial charge on any atom is 0.0711 e. The minimum Gasteiger partial charge on any atom is -0.399 e. The van der Waals surface area contributed by atoms with Crippen molar-refractivity contribution in [3.8, 4) is 0 Å². The molecule has 80 valence electrons. The van der Waals surface area contributed by atoms with E-state index in [-0.39, 0.29) is 12.4 Å². The maximum atomic E-state index is 5.74. The molecule has 0 aliphatic heterocycles. The molecule has 3 aromatic rings. The van der Waals surface area contributed by atoms with Gasteiger partial charge in [-0.15, -0.1) is 12.4 Å². The van der Waals surface area contributed by atoms with Crippen molar-refractivity contribution in [2.24, 2.45) is 0 Å². The number of pyridine rings is 1. The van der Waals surface area contributed by atoms with Gasteiger partial charge < -0.3 is 5.73 Å².